The molecule has 0 spiro atoms. The highest BCUT2D eigenvalue weighted by molar-refractivity contribution is 7.10. The molecule has 0 unspecified atom stereocenters. The van der Waals surface area contributed by atoms with Crippen molar-refractivity contribution in [2.75, 3.05) is 13.1 Å². The number of rotatable bonds is 5. The van der Waals surface area contributed by atoms with Crippen LogP contribution < -0.4 is 5.32 Å². The molecule has 1 aliphatic heterocycles. The molecule has 1 atom stereocenters. The van der Waals surface area contributed by atoms with Gasteiger partial charge in [0.25, 0.3) is 0 Å². The summed E-state index contributed by atoms with van der Waals surface area (Å²) >= 11 is 1.54. The number of nitrogens with zero attached hydrogens (tertiary/aromatic N) is 1. The van der Waals surface area contributed by atoms with Crippen LogP contribution in [0.4, 0.5) is 0 Å². The third-order valence-electron chi connectivity index (χ3n) is 3.38. The number of hydrogen-bond acceptors (Lipinski definition) is 4. The summed E-state index contributed by atoms with van der Waals surface area (Å²) in [5.41, 5.74) is 0. The smallest absolute Gasteiger partial charge is 0.229 e. The first-order valence-electron chi connectivity index (χ1n) is 6.74. The van der Waals surface area contributed by atoms with Gasteiger partial charge in [0.2, 0.25) is 17.7 Å². The van der Waals surface area contributed by atoms with Crippen LogP contribution in [0.1, 0.15) is 37.0 Å². The maximum Gasteiger partial charge on any atom is 0.229 e. The highest BCUT2D eigenvalue weighted by atomic mass is 32.1. The number of nitrogens with one attached hydrogen (secondary N) is 1. The Morgan fingerprint density at radius 2 is 2.10 bits per heavy atom. The van der Waals surface area contributed by atoms with E-state index in [0.29, 0.717) is 25.8 Å². The van der Waals surface area contributed by atoms with Crippen LogP contribution in [0.15, 0.2) is 17.5 Å². The minimum atomic E-state index is -0.206. The predicted molar refractivity (Wildman–Crippen MR) is 76.3 cm³/mol. The van der Waals surface area contributed by atoms with Crippen molar-refractivity contribution in [1.82, 2.24) is 10.2 Å². The van der Waals surface area contributed by atoms with E-state index < -0.39 is 0 Å². The van der Waals surface area contributed by atoms with Crippen LogP contribution in [0.2, 0.25) is 0 Å². The van der Waals surface area contributed by atoms with Gasteiger partial charge in [0.15, 0.2) is 0 Å². The summed E-state index contributed by atoms with van der Waals surface area (Å²) in [6.45, 7) is 2.42. The number of hydrogen-bond donors (Lipinski definition) is 1. The van der Waals surface area contributed by atoms with Gasteiger partial charge < -0.3 is 5.32 Å². The van der Waals surface area contributed by atoms with Crippen molar-refractivity contribution in [1.29, 1.82) is 0 Å². The van der Waals surface area contributed by atoms with Crippen LogP contribution in [0, 0.1) is 0 Å². The van der Waals surface area contributed by atoms with E-state index in [4.69, 9.17) is 0 Å². The number of carbonyl (C=O) groups is 3. The number of piperidine rings is 1. The number of amides is 3. The van der Waals surface area contributed by atoms with E-state index in [1.54, 1.807) is 11.3 Å². The topological polar surface area (TPSA) is 66.5 Å². The monoisotopic (exact) mass is 294 g/mol. The molecule has 1 aromatic rings. The zero-order valence-electron chi connectivity index (χ0n) is 11.4. The summed E-state index contributed by atoms with van der Waals surface area (Å²) in [7, 11) is 0. The summed E-state index contributed by atoms with van der Waals surface area (Å²) in [5, 5.41) is 4.72. The van der Waals surface area contributed by atoms with E-state index in [9.17, 15) is 14.4 Å². The zero-order valence-corrected chi connectivity index (χ0v) is 12.2. The minimum absolute atomic E-state index is 0.0793. The number of carbonyl (C=O) groups excluding carboxylic acids is 3. The molecule has 2 rings (SSSR count). The Morgan fingerprint density at radius 3 is 2.70 bits per heavy atom. The molecule has 0 bridgehead atoms. The largest absolute Gasteiger partial charge is 0.354 e. The molecular weight excluding hydrogens is 276 g/mol. The Bertz CT molecular complexity index is 483. The Hall–Kier alpha value is -1.69. The van der Waals surface area contributed by atoms with Gasteiger partial charge in [-0.1, -0.05) is 6.07 Å². The highest BCUT2D eigenvalue weighted by Gasteiger charge is 2.25. The molecule has 2 heterocycles. The molecule has 1 N–H and O–H groups in total. The standard InChI is InChI=1S/C14H18N2O3S/c1-10(11-4-3-9-20-11)14(19)15-7-8-16-12(17)5-2-6-13(16)18/h3-4,9-10H,2,5-8H2,1H3,(H,15,19)/t10-/m0/s1. The van der Waals surface area contributed by atoms with E-state index in [1.165, 1.54) is 4.90 Å². The fourth-order valence-corrected chi connectivity index (χ4v) is 2.94. The van der Waals surface area contributed by atoms with Gasteiger partial charge in [-0.2, -0.15) is 0 Å². The van der Waals surface area contributed by atoms with Crippen LogP contribution in [0.5, 0.6) is 0 Å². The van der Waals surface area contributed by atoms with Crippen LogP contribution >= 0.6 is 11.3 Å². The van der Waals surface area contributed by atoms with Crippen molar-refractivity contribution in [3.63, 3.8) is 0 Å². The normalized spacial score (nSPS) is 17.1. The average molecular weight is 294 g/mol. The second kappa shape index (κ2) is 6.65. The molecule has 108 valence electrons. The number of likely N-dealkylation sites (tertiary alicyclic amines) is 1. The Kier molecular flexibility index (Phi) is 4.89. The van der Waals surface area contributed by atoms with Gasteiger partial charge >= 0.3 is 0 Å². The van der Waals surface area contributed by atoms with Gasteiger partial charge in [0, 0.05) is 30.8 Å². The molecule has 1 aromatic heterocycles. The predicted octanol–water partition coefficient (Wildman–Crippen LogP) is 1.51. The van der Waals surface area contributed by atoms with Crippen LogP contribution in [0.3, 0.4) is 0 Å². The van der Waals surface area contributed by atoms with Gasteiger partial charge in [-0.25, -0.2) is 0 Å². The first kappa shape index (κ1) is 14.7. The molecular formula is C14H18N2O3S. The molecule has 3 amide bonds. The lowest BCUT2D eigenvalue weighted by Gasteiger charge is -2.25. The lowest BCUT2D eigenvalue weighted by atomic mass is 10.1. The highest BCUT2D eigenvalue weighted by Crippen LogP contribution is 2.20. The lowest BCUT2D eigenvalue weighted by molar-refractivity contribution is -0.148. The summed E-state index contributed by atoms with van der Waals surface area (Å²) in [4.78, 5) is 37.4. The Morgan fingerprint density at radius 1 is 1.40 bits per heavy atom. The molecule has 1 fully saturated rings. The Balaban J connectivity index is 1.79. The summed E-state index contributed by atoms with van der Waals surface area (Å²) in [6, 6.07) is 3.83. The third-order valence-corrected chi connectivity index (χ3v) is 4.44. The Labute approximate surface area is 122 Å². The second-order valence-electron chi connectivity index (χ2n) is 4.82. The summed E-state index contributed by atoms with van der Waals surface area (Å²) in [5.74, 6) is -0.560. The van der Waals surface area contributed by atoms with E-state index in [-0.39, 0.29) is 30.2 Å². The third kappa shape index (κ3) is 3.45. The zero-order chi connectivity index (χ0) is 14.5. The molecule has 0 aliphatic carbocycles. The van der Waals surface area contributed by atoms with E-state index >= 15 is 0 Å². The van der Waals surface area contributed by atoms with Crippen molar-refractivity contribution in [3.05, 3.63) is 22.4 Å². The number of imide groups is 1. The van der Waals surface area contributed by atoms with Gasteiger partial charge in [0.1, 0.15) is 0 Å². The molecule has 0 radical (unpaired) electrons. The van der Waals surface area contributed by atoms with Crippen molar-refractivity contribution in [2.24, 2.45) is 0 Å². The van der Waals surface area contributed by atoms with Gasteiger partial charge in [-0.05, 0) is 24.8 Å². The SMILES string of the molecule is C[C@H](C(=O)NCCN1C(=O)CCCC1=O)c1cccs1. The van der Waals surface area contributed by atoms with Crippen LogP contribution in [-0.2, 0) is 14.4 Å². The molecule has 1 aliphatic rings. The molecule has 0 saturated carbocycles. The average Bonchev–Trinajstić information content (AvgIpc) is 2.95. The second-order valence-corrected chi connectivity index (χ2v) is 5.80. The van der Waals surface area contributed by atoms with Crippen LogP contribution in [0.25, 0.3) is 0 Å². The van der Waals surface area contributed by atoms with Crippen molar-refractivity contribution in [3.8, 4) is 0 Å². The quantitative estimate of drug-likeness (QED) is 0.837. The molecule has 6 heteroatoms. The summed E-state index contributed by atoms with van der Waals surface area (Å²) in [6.07, 6.45) is 1.48. The fourth-order valence-electron chi connectivity index (χ4n) is 2.16. The number of thiophene rings is 1. The van der Waals surface area contributed by atoms with E-state index in [1.807, 2.05) is 24.4 Å². The molecule has 20 heavy (non-hydrogen) atoms. The van der Waals surface area contributed by atoms with Gasteiger partial charge in [-0.15, -0.1) is 11.3 Å². The molecule has 1 saturated heterocycles. The molecule has 5 nitrogen and oxygen atoms in total. The van der Waals surface area contributed by atoms with E-state index in [0.717, 1.165) is 4.88 Å². The van der Waals surface area contributed by atoms with Gasteiger partial charge in [0.05, 0.1) is 5.92 Å². The first-order chi connectivity index (χ1) is 9.59. The summed E-state index contributed by atoms with van der Waals surface area (Å²) < 4.78 is 0. The van der Waals surface area contributed by atoms with E-state index in [2.05, 4.69) is 5.32 Å². The van der Waals surface area contributed by atoms with Crippen molar-refractivity contribution < 1.29 is 14.4 Å². The maximum absolute atomic E-state index is 12.0. The first-order valence-corrected chi connectivity index (χ1v) is 7.62. The lowest BCUT2D eigenvalue weighted by Crippen LogP contribution is -2.44. The minimum Gasteiger partial charge on any atom is -0.354 e. The maximum atomic E-state index is 12.0. The molecule has 0 aromatic carbocycles. The van der Waals surface area contributed by atoms with Crippen LogP contribution in [-0.4, -0.2) is 35.7 Å². The van der Waals surface area contributed by atoms with Gasteiger partial charge in [-0.3, -0.25) is 19.3 Å². The van der Waals surface area contributed by atoms with Crippen molar-refractivity contribution in [2.45, 2.75) is 32.1 Å². The fraction of sp³-hybridized carbons (Fsp3) is 0.500. The van der Waals surface area contributed by atoms with Crippen molar-refractivity contribution >= 4 is 29.1 Å².